The van der Waals surface area contributed by atoms with Crippen LogP contribution in [-0.2, 0) is 9.59 Å². The van der Waals surface area contributed by atoms with Gasteiger partial charge in [-0.3, -0.25) is 9.59 Å². The number of amides is 1. The van der Waals surface area contributed by atoms with Crippen molar-refractivity contribution in [3.8, 4) is 0 Å². The van der Waals surface area contributed by atoms with Crippen molar-refractivity contribution in [1.82, 2.24) is 4.90 Å². The molecular weight excluding hydrogens is 242 g/mol. The van der Waals surface area contributed by atoms with Crippen molar-refractivity contribution >= 4 is 11.9 Å². The molecule has 2 rings (SSSR count). The van der Waals surface area contributed by atoms with Gasteiger partial charge in [-0.2, -0.15) is 0 Å². The second-order valence-corrected chi connectivity index (χ2v) is 5.54. The standard InChI is InChI=1S/C15H21NO3/c1-3-7-16(8-4-2)14(17)12-10-5-6-11(9-10)13(12)15(18)19/h3-4,10-13H,1-2,5-9H2,(H,18,19)/t10-,11-,12-,13-/m0/s1. The Morgan fingerprint density at radius 3 is 2.11 bits per heavy atom. The molecule has 0 radical (unpaired) electrons. The zero-order valence-electron chi connectivity index (χ0n) is 11.1. The smallest absolute Gasteiger partial charge is 0.307 e. The molecule has 0 heterocycles. The number of fused-ring (bicyclic) bond motifs is 2. The lowest BCUT2D eigenvalue weighted by Gasteiger charge is -2.31. The summed E-state index contributed by atoms with van der Waals surface area (Å²) in [6.45, 7) is 8.20. The van der Waals surface area contributed by atoms with Gasteiger partial charge in [0.2, 0.25) is 5.91 Å². The summed E-state index contributed by atoms with van der Waals surface area (Å²) in [5, 5.41) is 9.39. The average Bonchev–Trinajstić information content (AvgIpc) is 2.97. The van der Waals surface area contributed by atoms with Gasteiger partial charge in [-0.1, -0.05) is 12.2 Å². The summed E-state index contributed by atoms with van der Waals surface area (Å²) in [4.78, 5) is 25.7. The van der Waals surface area contributed by atoms with Gasteiger partial charge in [0, 0.05) is 13.1 Å². The third kappa shape index (κ3) is 2.44. The van der Waals surface area contributed by atoms with Gasteiger partial charge in [0.25, 0.3) is 0 Å². The molecule has 2 aliphatic rings. The predicted molar refractivity (Wildman–Crippen MR) is 72.4 cm³/mol. The van der Waals surface area contributed by atoms with Gasteiger partial charge in [0.1, 0.15) is 0 Å². The Kier molecular flexibility index (Phi) is 4.08. The summed E-state index contributed by atoms with van der Waals surface area (Å²) in [6, 6.07) is 0. The van der Waals surface area contributed by atoms with E-state index in [2.05, 4.69) is 13.2 Å². The maximum atomic E-state index is 12.6. The molecule has 2 fully saturated rings. The molecule has 0 aromatic rings. The van der Waals surface area contributed by atoms with E-state index in [9.17, 15) is 14.7 Å². The summed E-state index contributed by atoms with van der Waals surface area (Å²) in [5.41, 5.74) is 0. The highest BCUT2D eigenvalue weighted by Gasteiger charge is 2.54. The Balaban J connectivity index is 2.18. The van der Waals surface area contributed by atoms with Crippen molar-refractivity contribution in [2.45, 2.75) is 19.3 Å². The molecule has 0 aromatic heterocycles. The zero-order chi connectivity index (χ0) is 14.0. The maximum absolute atomic E-state index is 12.6. The molecule has 1 N–H and O–H groups in total. The largest absolute Gasteiger partial charge is 0.481 e. The second-order valence-electron chi connectivity index (χ2n) is 5.54. The number of aliphatic carboxylic acids is 1. The molecule has 2 bridgehead atoms. The van der Waals surface area contributed by atoms with Crippen LogP contribution in [0.5, 0.6) is 0 Å². The lowest BCUT2D eigenvalue weighted by atomic mass is 9.78. The van der Waals surface area contributed by atoms with E-state index < -0.39 is 11.9 Å². The molecule has 0 unspecified atom stereocenters. The summed E-state index contributed by atoms with van der Waals surface area (Å²) < 4.78 is 0. The van der Waals surface area contributed by atoms with E-state index in [1.165, 1.54) is 0 Å². The Morgan fingerprint density at radius 2 is 1.63 bits per heavy atom. The van der Waals surface area contributed by atoms with E-state index in [4.69, 9.17) is 0 Å². The number of carboxylic acids is 1. The van der Waals surface area contributed by atoms with Gasteiger partial charge in [-0.05, 0) is 31.1 Å². The first kappa shape index (κ1) is 13.8. The number of hydrogen-bond donors (Lipinski definition) is 1. The molecule has 2 saturated carbocycles. The SMILES string of the molecule is C=CCN(CC=C)C(=O)[C@H]1[C@H]2CC[C@@H](C2)[C@@H]1C(=O)O. The monoisotopic (exact) mass is 263 g/mol. The number of carboxylic acid groups (broad SMARTS) is 1. The lowest BCUT2D eigenvalue weighted by molar-refractivity contribution is -0.152. The van der Waals surface area contributed by atoms with E-state index in [1.54, 1.807) is 17.1 Å². The number of carbonyl (C=O) groups is 2. The molecule has 0 spiro atoms. The minimum Gasteiger partial charge on any atom is -0.481 e. The normalized spacial score (nSPS) is 32.0. The fourth-order valence-corrected chi connectivity index (χ4v) is 3.78. The first-order valence-corrected chi connectivity index (χ1v) is 6.83. The summed E-state index contributed by atoms with van der Waals surface area (Å²) in [6.07, 6.45) is 6.17. The molecule has 4 atom stereocenters. The first-order chi connectivity index (χ1) is 9.10. The van der Waals surface area contributed by atoms with Crippen molar-refractivity contribution in [3.63, 3.8) is 0 Å². The van der Waals surface area contributed by atoms with Gasteiger partial charge >= 0.3 is 5.97 Å². The van der Waals surface area contributed by atoms with Crippen LogP contribution in [0.15, 0.2) is 25.3 Å². The van der Waals surface area contributed by atoms with Gasteiger partial charge < -0.3 is 10.0 Å². The van der Waals surface area contributed by atoms with Crippen LogP contribution in [0.4, 0.5) is 0 Å². The second kappa shape index (κ2) is 5.59. The number of rotatable bonds is 6. The molecular formula is C15H21NO3. The molecule has 104 valence electrons. The molecule has 4 nitrogen and oxygen atoms in total. The summed E-state index contributed by atoms with van der Waals surface area (Å²) >= 11 is 0. The Morgan fingerprint density at radius 1 is 1.11 bits per heavy atom. The molecule has 1 amide bonds. The zero-order valence-corrected chi connectivity index (χ0v) is 11.1. The quantitative estimate of drug-likeness (QED) is 0.745. The molecule has 2 aliphatic carbocycles. The third-order valence-electron chi connectivity index (χ3n) is 4.50. The van der Waals surface area contributed by atoms with Gasteiger partial charge in [-0.25, -0.2) is 0 Å². The molecule has 0 saturated heterocycles. The number of hydrogen-bond acceptors (Lipinski definition) is 2. The number of carbonyl (C=O) groups excluding carboxylic acids is 1. The van der Waals surface area contributed by atoms with Crippen LogP contribution in [0.3, 0.4) is 0 Å². The molecule has 19 heavy (non-hydrogen) atoms. The Bertz CT molecular complexity index is 394. The highest BCUT2D eigenvalue weighted by atomic mass is 16.4. The van der Waals surface area contributed by atoms with Crippen molar-refractivity contribution < 1.29 is 14.7 Å². The highest BCUT2D eigenvalue weighted by molar-refractivity contribution is 5.86. The highest BCUT2D eigenvalue weighted by Crippen LogP contribution is 2.52. The predicted octanol–water partition coefficient (Wildman–Crippen LogP) is 1.93. The van der Waals surface area contributed by atoms with E-state index in [1.807, 2.05) is 0 Å². The van der Waals surface area contributed by atoms with Crippen LogP contribution in [0.2, 0.25) is 0 Å². The van der Waals surface area contributed by atoms with E-state index in [-0.39, 0.29) is 23.7 Å². The van der Waals surface area contributed by atoms with Gasteiger partial charge in [0.15, 0.2) is 0 Å². The fraction of sp³-hybridized carbons (Fsp3) is 0.600. The van der Waals surface area contributed by atoms with E-state index in [0.717, 1.165) is 19.3 Å². The lowest BCUT2D eigenvalue weighted by Crippen LogP contribution is -2.43. The van der Waals surface area contributed by atoms with Gasteiger partial charge in [-0.15, -0.1) is 13.2 Å². The van der Waals surface area contributed by atoms with Crippen LogP contribution in [0.25, 0.3) is 0 Å². The van der Waals surface area contributed by atoms with Crippen LogP contribution in [0, 0.1) is 23.7 Å². The molecule has 4 heteroatoms. The number of nitrogens with zero attached hydrogens (tertiary/aromatic N) is 1. The summed E-state index contributed by atoms with van der Waals surface area (Å²) in [7, 11) is 0. The topological polar surface area (TPSA) is 57.6 Å². The van der Waals surface area contributed by atoms with E-state index in [0.29, 0.717) is 13.1 Å². The van der Waals surface area contributed by atoms with E-state index >= 15 is 0 Å². The van der Waals surface area contributed by atoms with Crippen molar-refractivity contribution in [3.05, 3.63) is 25.3 Å². The summed E-state index contributed by atoms with van der Waals surface area (Å²) in [5.74, 6) is -1.27. The first-order valence-electron chi connectivity index (χ1n) is 6.83. The Labute approximate surface area is 113 Å². The Hall–Kier alpha value is -1.58. The average molecular weight is 263 g/mol. The van der Waals surface area contributed by atoms with Crippen LogP contribution >= 0.6 is 0 Å². The molecule has 0 aromatic carbocycles. The molecule has 0 aliphatic heterocycles. The maximum Gasteiger partial charge on any atom is 0.307 e. The minimum atomic E-state index is -0.817. The fourth-order valence-electron chi connectivity index (χ4n) is 3.78. The van der Waals surface area contributed by atoms with Gasteiger partial charge in [0.05, 0.1) is 11.8 Å². The van der Waals surface area contributed by atoms with Crippen LogP contribution < -0.4 is 0 Å². The third-order valence-corrected chi connectivity index (χ3v) is 4.50. The minimum absolute atomic E-state index is 0.0422. The van der Waals surface area contributed by atoms with Crippen molar-refractivity contribution in [2.24, 2.45) is 23.7 Å². The van der Waals surface area contributed by atoms with Crippen molar-refractivity contribution in [1.29, 1.82) is 0 Å². The van der Waals surface area contributed by atoms with Crippen molar-refractivity contribution in [2.75, 3.05) is 13.1 Å². The van der Waals surface area contributed by atoms with Crippen LogP contribution in [0.1, 0.15) is 19.3 Å². The van der Waals surface area contributed by atoms with Crippen LogP contribution in [-0.4, -0.2) is 35.0 Å².